The van der Waals surface area contributed by atoms with Crippen molar-refractivity contribution in [2.24, 2.45) is 0 Å². The fourth-order valence-electron chi connectivity index (χ4n) is 2.99. The van der Waals surface area contributed by atoms with Gasteiger partial charge in [0.25, 0.3) is 5.19 Å². The molecule has 0 aliphatic carbocycles. The Morgan fingerprint density at radius 2 is 1.74 bits per heavy atom. The fraction of sp³-hybridized carbons (Fsp3) is 0.478. The van der Waals surface area contributed by atoms with Gasteiger partial charge < -0.3 is 9.64 Å². The van der Waals surface area contributed by atoms with E-state index >= 15 is 0 Å². The van der Waals surface area contributed by atoms with E-state index in [1.165, 1.54) is 22.7 Å². The SMILES string of the molecule is CCN(C)CCc1cc(C)c(Oc2nc(-c3cnc(C(C)(C)C)nc3)ns2)cc1C.Cl. The summed E-state index contributed by atoms with van der Waals surface area (Å²) in [5.74, 6) is 2.21. The molecule has 0 saturated heterocycles. The number of hydrogen-bond acceptors (Lipinski definition) is 7. The Kier molecular flexibility index (Phi) is 8.51. The molecule has 0 amide bonds. The van der Waals surface area contributed by atoms with Crippen molar-refractivity contribution >= 4 is 23.9 Å². The largest absolute Gasteiger partial charge is 0.430 e. The van der Waals surface area contributed by atoms with Gasteiger partial charge in [0, 0.05) is 35.9 Å². The van der Waals surface area contributed by atoms with Gasteiger partial charge in [-0.3, -0.25) is 0 Å². The van der Waals surface area contributed by atoms with E-state index in [1.807, 2.05) is 0 Å². The minimum absolute atomic E-state index is 0. The quantitative estimate of drug-likeness (QED) is 0.455. The molecule has 0 atom stereocenters. The zero-order valence-corrected chi connectivity index (χ0v) is 21.0. The molecule has 0 spiro atoms. The zero-order valence-electron chi connectivity index (χ0n) is 19.4. The van der Waals surface area contributed by atoms with Crippen LogP contribution in [0.25, 0.3) is 11.4 Å². The first-order valence-corrected chi connectivity index (χ1v) is 11.1. The third-order valence-electron chi connectivity index (χ3n) is 5.12. The number of benzene rings is 1. The molecule has 0 N–H and O–H groups in total. The summed E-state index contributed by atoms with van der Waals surface area (Å²) in [6, 6.07) is 4.31. The van der Waals surface area contributed by atoms with Crippen molar-refractivity contribution in [1.29, 1.82) is 0 Å². The van der Waals surface area contributed by atoms with E-state index in [-0.39, 0.29) is 17.8 Å². The van der Waals surface area contributed by atoms with Gasteiger partial charge in [-0.25, -0.2) is 9.97 Å². The number of aryl methyl sites for hydroxylation is 2. The molecule has 8 heteroatoms. The number of hydrogen-bond donors (Lipinski definition) is 0. The molecule has 0 saturated carbocycles. The lowest BCUT2D eigenvalue weighted by Gasteiger charge is -2.16. The summed E-state index contributed by atoms with van der Waals surface area (Å²) < 4.78 is 10.5. The van der Waals surface area contributed by atoms with Crippen molar-refractivity contribution in [1.82, 2.24) is 24.2 Å². The molecule has 1 aromatic carbocycles. The Morgan fingerprint density at radius 3 is 2.35 bits per heavy atom. The van der Waals surface area contributed by atoms with Crippen LogP contribution in [0.5, 0.6) is 10.9 Å². The predicted octanol–water partition coefficient (Wildman–Crippen LogP) is 5.62. The van der Waals surface area contributed by atoms with E-state index in [1.54, 1.807) is 12.4 Å². The topological polar surface area (TPSA) is 64.0 Å². The van der Waals surface area contributed by atoms with Crippen LogP contribution < -0.4 is 4.74 Å². The van der Waals surface area contributed by atoms with Crippen molar-refractivity contribution in [2.75, 3.05) is 20.1 Å². The molecule has 3 aromatic rings. The van der Waals surface area contributed by atoms with Gasteiger partial charge in [-0.05, 0) is 56.6 Å². The smallest absolute Gasteiger partial charge is 0.299 e. The summed E-state index contributed by atoms with van der Waals surface area (Å²) in [5.41, 5.74) is 4.39. The summed E-state index contributed by atoms with van der Waals surface area (Å²) in [5, 5.41) is 0.519. The number of nitrogens with zero attached hydrogens (tertiary/aromatic N) is 5. The summed E-state index contributed by atoms with van der Waals surface area (Å²) in [6.07, 6.45) is 4.58. The Labute approximate surface area is 195 Å². The maximum absolute atomic E-state index is 6.07. The highest BCUT2D eigenvalue weighted by Crippen LogP contribution is 2.31. The van der Waals surface area contributed by atoms with Crippen molar-refractivity contribution in [3.8, 4) is 22.3 Å². The van der Waals surface area contributed by atoms with E-state index < -0.39 is 0 Å². The molecule has 0 radical (unpaired) electrons. The summed E-state index contributed by atoms with van der Waals surface area (Å²) in [6.45, 7) is 14.8. The van der Waals surface area contributed by atoms with Gasteiger partial charge in [0.1, 0.15) is 11.6 Å². The van der Waals surface area contributed by atoms with Gasteiger partial charge >= 0.3 is 0 Å². The highest BCUT2D eigenvalue weighted by Gasteiger charge is 2.18. The highest BCUT2D eigenvalue weighted by molar-refractivity contribution is 7.07. The number of ether oxygens (including phenoxy) is 1. The first kappa shape index (κ1) is 25.2. The molecule has 0 unspecified atom stereocenters. The first-order chi connectivity index (χ1) is 14.2. The molecule has 6 nitrogen and oxygen atoms in total. The van der Waals surface area contributed by atoms with Crippen LogP contribution >= 0.6 is 23.9 Å². The Morgan fingerprint density at radius 1 is 1.06 bits per heavy atom. The molecule has 0 fully saturated rings. The maximum Gasteiger partial charge on any atom is 0.299 e. The van der Waals surface area contributed by atoms with Gasteiger partial charge in [-0.1, -0.05) is 33.8 Å². The van der Waals surface area contributed by atoms with Crippen LogP contribution in [-0.4, -0.2) is 44.4 Å². The van der Waals surface area contributed by atoms with Crippen LogP contribution in [0.2, 0.25) is 0 Å². The molecular formula is C23H32ClN5OS. The molecule has 168 valence electrons. The third kappa shape index (κ3) is 6.45. The van der Waals surface area contributed by atoms with Crippen LogP contribution in [0.1, 0.15) is 50.2 Å². The number of halogens is 1. The van der Waals surface area contributed by atoms with Crippen molar-refractivity contribution in [3.05, 3.63) is 47.0 Å². The lowest BCUT2D eigenvalue weighted by Crippen LogP contribution is -2.20. The van der Waals surface area contributed by atoms with Crippen LogP contribution in [0, 0.1) is 13.8 Å². The summed E-state index contributed by atoms with van der Waals surface area (Å²) in [4.78, 5) is 15.8. The molecule has 0 bridgehead atoms. The summed E-state index contributed by atoms with van der Waals surface area (Å²) >= 11 is 1.24. The number of rotatable bonds is 7. The van der Waals surface area contributed by atoms with Crippen LogP contribution in [-0.2, 0) is 11.8 Å². The molecule has 31 heavy (non-hydrogen) atoms. The predicted molar refractivity (Wildman–Crippen MR) is 130 cm³/mol. The Balaban J connectivity index is 0.00000341. The lowest BCUT2D eigenvalue weighted by atomic mass is 9.96. The molecule has 0 aliphatic rings. The molecule has 2 heterocycles. The molecule has 3 rings (SSSR count). The van der Waals surface area contributed by atoms with Gasteiger partial charge in [0.2, 0.25) is 0 Å². The van der Waals surface area contributed by atoms with E-state index in [0.29, 0.717) is 11.0 Å². The highest BCUT2D eigenvalue weighted by atomic mass is 35.5. The minimum atomic E-state index is -0.0875. The fourth-order valence-corrected chi connectivity index (χ4v) is 3.56. The van der Waals surface area contributed by atoms with Crippen molar-refractivity contribution in [2.45, 2.75) is 53.4 Å². The van der Waals surface area contributed by atoms with Gasteiger partial charge in [-0.2, -0.15) is 9.36 Å². The number of likely N-dealkylation sites (N-methyl/N-ethyl adjacent to an activating group) is 1. The van der Waals surface area contributed by atoms with Crippen molar-refractivity contribution < 1.29 is 4.74 Å². The number of aromatic nitrogens is 4. The Bertz CT molecular complexity index is 998. The van der Waals surface area contributed by atoms with Gasteiger partial charge in [0.05, 0.1) is 5.56 Å². The average molecular weight is 462 g/mol. The van der Waals surface area contributed by atoms with Crippen molar-refractivity contribution in [3.63, 3.8) is 0 Å². The second-order valence-electron chi connectivity index (χ2n) is 8.72. The normalized spacial score (nSPS) is 11.5. The Hall–Kier alpha value is -2.09. The third-order valence-corrected chi connectivity index (χ3v) is 5.72. The lowest BCUT2D eigenvalue weighted by molar-refractivity contribution is 0.357. The first-order valence-electron chi connectivity index (χ1n) is 10.3. The molecule has 0 aliphatic heterocycles. The van der Waals surface area contributed by atoms with E-state index in [2.05, 4.69) is 84.9 Å². The van der Waals surface area contributed by atoms with Gasteiger partial charge in [0.15, 0.2) is 5.82 Å². The minimum Gasteiger partial charge on any atom is -0.430 e. The van der Waals surface area contributed by atoms with Crippen LogP contribution in [0.4, 0.5) is 0 Å². The molecule has 2 aromatic heterocycles. The average Bonchev–Trinajstić information content (AvgIpc) is 3.17. The standard InChI is InChI=1S/C23H31N5OS.ClH/c1-8-28(7)10-9-17-11-16(3)19(12-15(17)2)29-22-26-20(27-30-22)18-13-24-21(25-14-18)23(4,5)6;/h11-14H,8-10H2,1-7H3;1H. The van der Waals surface area contributed by atoms with E-state index in [4.69, 9.17) is 4.74 Å². The van der Waals surface area contributed by atoms with Crippen LogP contribution in [0.3, 0.4) is 0 Å². The zero-order chi connectivity index (χ0) is 21.9. The summed E-state index contributed by atoms with van der Waals surface area (Å²) in [7, 11) is 2.15. The second-order valence-corrected chi connectivity index (χ2v) is 9.44. The van der Waals surface area contributed by atoms with Crippen LogP contribution in [0.15, 0.2) is 24.5 Å². The monoisotopic (exact) mass is 461 g/mol. The van der Waals surface area contributed by atoms with E-state index in [0.717, 1.165) is 42.2 Å². The van der Waals surface area contributed by atoms with Gasteiger partial charge in [-0.15, -0.1) is 12.4 Å². The van der Waals surface area contributed by atoms with E-state index in [9.17, 15) is 0 Å². The second kappa shape index (κ2) is 10.5. The molecular weight excluding hydrogens is 430 g/mol. The maximum atomic E-state index is 6.07.